The molecule has 1 aromatic heterocycles. The Labute approximate surface area is 190 Å². The second kappa shape index (κ2) is 9.44. The van der Waals surface area contributed by atoms with Crippen molar-refractivity contribution in [3.63, 3.8) is 0 Å². The minimum absolute atomic E-state index is 0.0224. The SMILES string of the molecule is O=C(Nc1ccc(Cl)cc1)c1nnc([C@H]2CCCN(S(=O)(=O)Cc3ccccc3)C2)s1. The van der Waals surface area contributed by atoms with E-state index in [4.69, 9.17) is 11.6 Å². The summed E-state index contributed by atoms with van der Waals surface area (Å²) in [5.41, 5.74) is 1.38. The van der Waals surface area contributed by atoms with Crippen LogP contribution in [0.15, 0.2) is 54.6 Å². The monoisotopic (exact) mass is 476 g/mol. The summed E-state index contributed by atoms with van der Waals surface area (Å²) in [6.45, 7) is 0.844. The number of carbonyl (C=O) groups is 1. The fourth-order valence-corrected chi connectivity index (χ4v) is 6.08. The molecular weight excluding hydrogens is 456 g/mol. The lowest BCUT2D eigenvalue weighted by atomic mass is 10.0. The third-order valence-electron chi connectivity index (χ3n) is 5.06. The minimum Gasteiger partial charge on any atom is -0.320 e. The van der Waals surface area contributed by atoms with Gasteiger partial charge in [0.15, 0.2) is 0 Å². The van der Waals surface area contributed by atoms with E-state index in [0.29, 0.717) is 28.8 Å². The largest absolute Gasteiger partial charge is 0.320 e. The van der Waals surface area contributed by atoms with Crippen LogP contribution in [0.25, 0.3) is 0 Å². The number of aromatic nitrogens is 2. The van der Waals surface area contributed by atoms with Crippen molar-refractivity contribution in [2.24, 2.45) is 0 Å². The number of rotatable bonds is 6. The van der Waals surface area contributed by atoms with Gasteiger partial charge in [0, 0.05) is 29.7 Å². The quantitative estimate of drug-likeness (QED) is 0.576. The van der Waals surface area contributed by atoms with Gasteiger partial charge in [-0.1, -0.05) is 53.3 Å². The first-order valence-electron chi connectivity index (χ1n) is 9.83. The molecule has 0 bridgehead atoms. The summed E-state index contributed by atoms with van der Waals surface area (Å²) in [7, 11) is -3.43. The number of nitrogens with one attached hydrogen (secondary N) is 1. The number of piperidine rings is 1. The average molecular weight is 477 g/mol. The predicted octanol–water partition coefficient (Wildman–Crippen LogP) is 4.15. The summed E-state index contributed by atoms with van der Waals surface area (Å²) in [5.74, 6) is -0.449. The van der Waals surface area contributed by atoms with Crippen molar-refractivity contribution in [1.82, 2.24) is 14.5 Å². The summed E-state index contributed by atoms with van der Waals surface area (Å²) in [6, 6.07) is 16.0. The number of carbonyl (C=O) groups excluding carboxylic acids is 1. The van der Waals surface area contributed by atoms with Gasteiger partial charge < -0.3 is 5.32 Å². The molecule has 1 aliphatic heterocycles. The topological polar surface area (TPSA) is 92.3 Å². The third-order valence-corrected chi connectivity index (χ3v) is 8.21. The maximum absolute atomic E-state index is 12.9. The van der Waals surface area contributed by atoms with Crippen LogP contribution in [0.1, 0.15) is 39.1 Å². The number of amides is 1. The molecule has 0 spiro atoms. The van der Waals surface area contributed by atoms with Gasteiger partial charge in [0.1, 0.15) is 5.01 Å². The molecule has 1 atom stereocenters. The molecule has 1 saturated heterocycles. The number of halogens is 1. The van der Waals surface area contributed by atoms with Crippen LogP contribution in [-0.2, 0) is 15.8 Å². The summed E-state index contributed by atoms with van der Waals surface area (Å²) >= 11 is 7.07. The molecule has 7 nitrogen and oxygen atoms in total. The molecule has 0 aliphatic carbocycles. The fraction of sp³-hybridized carbons (Fsp3) is 0.286. The molecule has 4 rings (SSSR count). The Kier molecular flexibility index (Phi) is 6.66. The third kappa shape index (κ3) is 5.48. The summed E-state index contributed by atoms with van der Waals surface area (Å²) < 4.78 is 27.3. The number of anilines is 1. The summed E-state index contributed by atoms with van der Waals surface area (Å²) in [4.78, 5) is 12.5. The Hall–Kier alpha value is -2.33. The standard InChI is InChI=1S/C21H21ClN4O3S2/c22-17-8-10-18(11-9-17)23-19(27)21-25-24-20(30-21)16-7-4-12-26(13-16)31(28,29)14-15-5-2-1-3-6-15/h1-3,5-6,8-11,16H,4,7,12-14H2,(H,23,27)/t16-/m0/s1. The van der Waals surface area contributed by atoms with Crippen LogP contribution >= 0.6 is 22.9 Å². The molecule has 10 heteroatoms. The van der Waals surface area contributed by atoms with Gasteiger partial charge in [0.2, 0.25) is 15.0 Å². The lowest BCUT2D eigenvalue weighted by molar-refractivity contribution is 0.102. The maximum Gasteiger partial charge on any atom is 0.286 e. The summed E-state index contributed by atoms with van der Waals surface area (Å²) in [5, 5.41) is 12.5. The zero-order valence-corrected chi connectivity index (χ0v) is 19.0. The van der Waals surface area contributed by atoms with Gasteiger partial charge in [0.05, 0.1) is 5.75 Å². The molecular formula is C21H21ClN4O3S2. The van der Waals surface area contributed by atoms with Gasteiger partial charge in [0.25, 0.3) is 5.91 Å². The first-order valence-corrected chi connectivity index (χ1v) is 12.6. The molecule has 31 heavy (non-hydrogen) atoms. The maximum atomic E-state index is 12.9. The van der Waals surface area contributed by atoms with Gasteiger partial charge in [-0.15, -0.1) is 10.2 Å². The number of nitrogens with zero attached hydrogens (tertiary/aromatic N) is 3. The molecule has 1 aliphatic rings. The van der Waals surface area contributed by atoms with Crippen molar-refractivity contribution < 1.29 is 13.2 Å². The summed E-state index contributed by atoms with van der Waals surface area (Å²) in [6.07, 6.45) is 1.55. The first-order chi connectivity index (χ1) is 14.9. The number of sulfonamides is 1. The molecule has 1 fully saturated rings. The Balaban J connectivity index is 1.42. The molecule has 1 N–H and O–H groups in total. The highest BCUT2D eigenvalue weighted by Crippen LogP contribution is 2.31. The highest BCUT2D eigenvalue weighted by Gasteiger charge is 2.32. The molecule has 1 amide bonds. The normalized spacial score (nSPS) is 17.4. The first kappa shape index (κ1) is 21.9. The molecule has 0 saturated carbocycles. The van der Waals surface area contributed by atoms with Crippen LogP contribution in [-0.4, -0.2) is 41.9 Å². The van der Waals surface area contributed by atoms with E-state index in [-0.39, 0.29) is 22.6 Å². The molecule has 2 heterocycles. The second-order valence-electron chi connectivity index (χ2n) is 7.35. The molecule has 2 aromatic carbocycles. The van der Waals surface area contributed by atoms with Gasteiger partial charge in [-0.2, -0.15) is 0 Å². The van der Waals surface area contributed by atoms with E-state index in [9.17, 15) is 13.2 Å². The smallest absolute Gasteiger partial charge is 0.286 e. The van der Waals surface area contributed by atoms with Crippen LogP contribution in [0.4, 0.5) is 5.69 Å². The van der Waals surface area contributed by atoms with Crippen molar-refractivity contribution >= 4 is 44.6 Å². The Bertz CT molecular complexity index is 1150. The van der Waals surface area contributed by atoms with E-state index in [1.807, 2.05) is 30.3 Å². The van der Waals surface area contributed by atoms with E-state index in [2.05, 4.69) is 15.5 Å². The minimum atomic E-state index is -3.43. The van der Waals surface area contributed by atoms with E-state index in [0.717, 1.165) is 18.4 Å². The van der Waals surface area contributed by atoms with E-state index in [1.165, 1.54) is 15.6 Å². The van der Waals surface area contributed by atoms with Crippen LogP contribution < -0.4 is 5.32 Å². The van der Waals surface area contributed by atoms with Crippen molar-refractivity contribution in [1.29, 1.82) is 0 Å². The number of hydrogen-bond acceptors (Lipinski definition) is 6. The lowest BCUT2D eigenvalue weighted by Gasteiger charge is -2.30. The number of hydrogen-bond donors (Lipinski definition) is 1. The lowest BCUT2D eigenvalue weighted by Crippen LogP contribution is -2.39. The van der Waals surface area contributed by atoms with Gasteiger partial charge >= 0.3 is 0 Å². The Morgan fingerprint density at radius 2 is 1.87 bits per heavy atom. The predicted molar refractivity (Wildman–Crippen MR) is 122 cm³/mol. The highest BCUT2D eigenvalue weighted by molar-refractivity contribution is 7.88. The second-order valence-corrected chi connectivity index (χ2v) is 10.8. The zero-order chi connectivity index (χ0) is 21.8. The Morgan fingerprint density at radius 1 is 1.13 bits per heavy atom. The van der Waals surface area contributed by atoms with Gasteiger partial charge in [-0.25, -0.2) is 12.7 Å². The van der Waals surface area contributed by atoms with Crippen LogP contribution in [0.5, 0.6) is 0 Å². The van der Waals surface area contributed by atoms with E-state index >= 15 is 0 Å². The molecule has 0 unspecified atom stereocenters. The van der Waals surface area contributed by atoms with Gasteiger partial charge in [-0.05, 0) is 42.7 Å². The van der Waals surface area contributed by atoms with Crippen LogP contribution in [0, 0.1) is 0 Å². The average Bonchev–Trinajstić information content (AvgIpc) is 3.26. The number of benzene rings is 2. The van der Waals surface area contributed by atoms with Crippen LogP contribution in [0.3, 0.4) is 0 Å². The molecule has 0 radical (unpaired) electrons. The van der Waals surface area contributed by atoms with Crippen molar-refractivity contribution in [2.75, 3.05) is 18.4 Å². The molecule has 3 aromatic rings. The van der Waals surface area contributed by atoms with Gasteiger partial charge in [-0.3, -0.25) is 4.79 Å². The zero-order valence-electron chi connectivity index (χ0n) is 16.6. The Morgan fingerprint density at radius 3 is 2.61 bits per heavy atom. The highest BCUT2D eigenvalue weighted by atomic mass is 35.5. The van der Waals surface area contributed by atoms with Crippen molar-refractivity contribution in [3.8, 4) is 0 Å². The van der Waals surface area contributed by atoms with Crippen molar-refractivity contribution in [3.05, 3.63) is 75.2 Å². The van der Waals surface area contributed by atoms with Crippen molar-refractivity contribution in [2.45, 2.75) is 24.5 Å². The van der Waals surface area contributed by atoms with E-state index in [1.54, 1.807) is 24.3 Å². The molecule has 162 valence electrons. The van der Waals surface area contributed by atoms with E-state index < -0.39 is 10.0 Å². The fourth-order valence-electron chi connectivity index (χ4n) is 3.48. The van der Waals surface area contributed by atoms with Crippen LogP contribution in [0.2, 0.25) is 5.02 Å².